The maximum atomic E-state index is 15.4. The highest BCUT2D eigenvalue weighted by molar-refractivity contribution is 7.00. The highest BCUT2D eigenvalue weighted by atomic mass is 19.1. The lowest BCUT2D eigenvalue weighted by Crippen LogP contribution is -2.61. The van der Waals surface area contributed by atoms with Crippen LogP contribution in [0, 0.1) is 5.82 Å². The molecule has 4 aliphatic rings. The van der Waals surface area contributed by atoms with E-state index < -0.39 is 0 Å². The lowest BCUT2D eigenvalue weighted by Gasteiger charge is -2.47. The molecule has 4 nitrogen and oxygen atoms in total. The molecule has 0 aromatic heterocycles. The minimum Gasteiger partial charge on any atom is -0.453 e. The summed E-state index contributed by atoms with van der Waals surface area (Å²) in [4.78, 5) is 4.62. The van der Waals surface area contributed by atoms with Crippen LogP contribution in [0.15, 0.2) is 121 Å². The second-order valence-corrected chi connectivity index (χ2v) is 11.0. The van der Waals surface area contributed by atoms with Crippen molar-refractivity contribution < 1.29 is 13.9 Å². The molecule has 0 atom stereocenters. The fraction of sp³-hybridized carbons (Fsp3) is 0. The van der Waals surface area contributed by atoms with Gasteiger partial charge in [-0.05, 0) is 76.5 Å². The van der Waals surface area contributed by atoms with Gasteiger partial charge in [-0.25, -0.2) is 4.39 Å². The van der Waals surface area contributed by atoms with Crippen LogP contribution in [-0.4, -0.2) is 6.71 Å². The molecule has 0 N–H and O–H groups in total. The number of para-hydroxylation sites is 6. The molecular formula is C36H20BFN2O2. The minimum atomic E-state index is -0.250. The van der Waals surface area contributed by atoms with E-state index in [0.29, 0.717) is 5.56 Å². The van der Waals surface area contributed by atoms with E-state index in [2.05, 4.69) is 58.3 Å². The Labute approximate surface area is 241 Å². The Bertz CT molecular complexity index is 2040. The first-order valence-corrected chi connectivity index (χ1v) is 14.1. The van der Waals surface area contributed by atoms with Crippen molar-refractivity contribution in [1.82, 2.24) is 0 Å². The highest BCUT2D eigenvalue weighted by Crippen LogP contribution is 2.56. The summed E-state index contributed by atoms with van der Waals surface area (Å²) in [5.41, 5.74) is 10.9. The number of anilines is 6. The van der Waals surface area contributed by atoms with E-state index in [-0.39, 0.29) is 12.5 Å². The lowest BCUT2D eigenvalue weighted by molar-refractivity contribution is 0.477. The molecule has 0 saturated heterocycles. The molecule has 196 valence electrons. The van der Waals surface area contributed by atoms with Crippen LogP contribution in [0.4, 0.5) is 38.5 Å². The fourth-order valence-corrected chi connectivity index (χ4v) is 7.24. The van der Waals surface area contributed by atoms with E-state index in [0.717, 1.165) is 62.7 Å². The van der Waals surface area contributed by atoms with Gasteiger partial charge in [0.1, 0.15) is 5.82 Å². The van der Waals surface area contributed by atoms with Crippen LogP contribution in [0.3, 0.4) is 0 Å². The summed E-state index contributed by atoms with van der Waals surface area (Å²) < 4.78 is 28.4. The SMILES string of the molecule is Fc1ccccc1-c1cc2c3c(c1)N1c4ccccc4Oc4cccc(c41)B3c1cccc3c1N2c1ccccc1O3. The molecule has 0 saturated carbocycles. The van der Waals surface area contributed by atoms with Gasteiger partial charge in [0.2, 0.25) is 0 Å². The van der Waals surface area contributed by atoms with Crippen LogP contribution in [0.25, 0.3) is 11.1 Å². The van der Waals surface area contributed by atoms with Crippen molar-refractivity contribution in [2.75, 3.05) is 9.80 Å². The predicted octanol–water partition coefficient (Wildman–Crippen LogP) is 7.79. The lowest BCUT2D eigenvalue weighted by atomic mass is 9.33. The first kappa shape index (κ1) is 22.2. The van der Waals surface area contributed by atoms with Gasteiger partial charge in [0.25, 0.3) is 6.71 Å². The number of hydrogen-bond acceptors (Lipinski definition) is 4. The Kier molecular flexibility index (Phi) is 4.14. The number of nitrogens with zero attached hydrogens (tertiary/aromatic N) is 2. The van der Waals surface area contributed by atoms with Crippen molar-refractivity contribution in [2.45, 2.75) is 0 Å². The summed E-state index contributed by atoms with van der Waals surface area (Å²) in [7, 11) is 0. The van der Waals surface area contributed by atoms with Crippen LogP contribution >= 0.6 is 0 Å². The summed E-state index contributed by atoms with van der Waals surface area (Å²) in [6, 6.07) is 40.2. The third-order valence-electron chi connectivity index (χ3n) is 8.87. The van der Waals surface area contributed by atoms with Gasteiger partial charge in [-0.15, -0.1) is 0 Å². The minimum absolute atomic E-state index is 0.0650. The molecule has 0 fully saturated rings. The van der Waals surface area contributed by atoms with Gasteiger partial charge in [-0.1, -0.05) is 66.7 Å². The van der Waals surface area contributed by atoms with Gasteiger partial charge >= 0.3 is 0 Å². The van der Waals surface area contributed by atoms with Gasteiger partial charge in [0, 0.05) is 16.9 Å². The van der Waals surface area contributed by atoms with E-state index in [9.17, 15) is 0 Å². The number of halogens is 1. The summed E-state index contributed by atoms with van der Waals surface area (Å²) in [5.74, 6) is 2.95. The average Bonchev–Trinajstić information content (AvgIpc) is 3.03. The molecule has 4 heterocycles. The van der Waals surface area contributed by atoms with Crippen molar-refractivity contribution in [3.63, 3.8) is 0 Å². The monoisotopic (exact) mass is 542 g/mol. The summed E-state index contributed by atoms with van der Waals surface area (Å²) in [6.45, 7) is -0.0650. The van der Waals surface area contributed by atoms with E-state index in [1.54, 1.807) is 6.07 Å². The molecule has 6 heteroatoms. The van der Waals surface area contributed by atoms with E-state index in [1.807, 2.05) is 60.7 Å². The molecule has 0 unspecified atom stereocenters. The van der Waals surface area contributed by atoms with Crippen molar-refractivity contribution in [3.05, 3.63) is 127 Å². The molecule has 6 aromatic rings. The maximum Gasteiger partial charge on any atom is 0.252 e. The first-order valence-electron chi connectivity index (χ1n) is 14.1. The number of hydrogen-bond donors (Lipinski definition) is 0. The van der Waals surface area contributed by atoms with Gasteiger partial charge in [-0.3, -0.25) is 0 Å². The number of fused-ring (bicyclic) bond motifs is 8. The first-order chi connectivity index (χ1) is 20.8. The molecule has 0 bridgehead atoms. The smallest absolute Gasteiger partial charge is 0.252 e. The summed E-state index contributed by atoms with van der Waals surface area (Å²) in [5, 5.41) is 0. The zero-order valence-electron chi connectivity index (χ0n) is 22.2. The highest BCUT2D eigenvalue weighted by Gasteiger charge is 2.48. The van der Waals surface area contributed by atoms with Gasteiger partial charge in [0.05, 0.1) is 22.7 Å². The molecule has 42 heavy (non-hydrogen) atoms. The Morgan fingerprint density at radius 3 is 1.57 bits per heavy atom. The molecular weight excluding hydrogens is 522 g/mol. The Morgan fingerprint density at radius 2 is 1.00 bits per heavy atom. The van der Waals surface area contributed by atoms with Crippen molar-refractivity contribution in [1.29, 1.82) is 0 Å². The molecule has 10 rings (SSSR count). The Balaban J connectivity index is 1.38. The molecule has 6 aromatic carbocycles. The number of benzene rings is 6. The molecule has 0 spiro atoms. The number of rotatable bonds is 1. The van der Waals surface area contributed by atoms with E-state index in [4.69, 9.17) is 9.47 Å². The summed E-state index contributed by atoms with van der Waals surface area (Å²) in [6.07, 6.45) is 0. The van der Waals surface area contributed by atoms with Crippen molar-refractivity contribution >= 4 is 57.2 Å². The van der Waals surface area contributed by atoms with Crippen molar-refractivity contribution in [2.24, 2.45) is 0 Å². The third-order valence-corrected chi connectivity index (χ3v) is 8.87. The quantitative estimate of drug-likeness (QED) is 0.198. The van der Waals surface area contributed by atoms with Crippen LogP contribution in [0.1, 0.15) is 0 Å². The largest absolute Gasteiger partial charge is 0.453 e. The van der Waals surface area contributed by atoms with Crippen LogP contribution in [-0.2, 0) is 0 Å². The van der Waals surface area contributed by atoms with Crippen LogP contribution < -0.4 is 35.7 Å². The molecule has 0 radical (unpaired) electrons. The predicted molar refractivity (Wildman–Crippen MR) is 166 cm³/mol. The second kappa shape index (κ2) is 7.83. The number of ether oxygens (including phenoxy) is 2. The maximum absolute atomic E-state index is 15.4. The standard InChI is InChI=1S/C36H20BFN2O2/c38-25-12-2-1-9-22(25)21-19-28-34-29(20-21)40-27-14-4-6-16-31(27)42-33-18-8-11-24(36(33)40)37(34)23-10-7-17-32-35(23)39(28)26-13-3-5-15-30(26)41-32/h1-20H. The van der Waals surface area contributed by atoms with E-state index >= 15 is 4.39 Å². The van der Waals surface area contributed by atoms with E-state index in [1.165, 1.54) is 22.5 Å². The van der Waals surface area contributed by atoms with Crippen molar-refractivity contribution in [3.8, 4) is 34.1 Å². The Morgan fingerprint density at radius 1 is 0.500 bits per heavy atom. The van der Waals surface area contributed by atoms with Gasteiger partial charge < -0.3 is 19.3 Å². The topological polar surface area (TPSA) is 24.9 Å². The van der Waals surface area contributed by atoms with Gasteiger partial charge in [0.15, 0.2) is 23.0 Å². The van der Waals surface area contributed by atoms with Gasteiger partial charge in [-0.2, -0.15) is 0 Å². The molecule has 0 aliphatic carbocycles. The zero-order valence-corrected chi connectivity index (χ0v) is 22.2. The fourth-order valence-electron chi connectivity index (χ4n) is 7.24. The molecule has 0 amide bonds. The Hall–Kier alpha value is -5.49. The normalized spacial score (nSPS) is 14.1. The second-order valence-electron chi connectivity index (χ2n) is 11.0. The van der Waals surface area contributed by atoms with Crippen LogP contribution in [0.5, 0.6) is 23.0 Å². The van der Waals surface area contributed by atoms with Crippen LogP contribution in [0.2, 0.25) is 0 Å². The summed E-state index contributed by atoms with van der Waals surface area (Å²) >= 11 is 0. The molecule has 4 aliphatic heterocycles. The zero-order chi connectivity index (χ0) is 27.5. The third kappa shape index (κ3) is 2.71. The average molecular weight is 542 g/mol.